The lowest BCUT2D eigenvalue weighted by Crippen LogP contribution is -2.29. The van der Waals surface area contributed by atoms with E-state index in [0.717, 1.165) is 0 Å². The predicted octanol–water partition coefficient (Wildman–Crippen LogP) is 1.27. The molecule has 6 heteroatoms. The summed E-state index contributed by atoms with van der Waals surface area (Å²) in [5, 5.41) is 11.2. The van der Waals surface area contributed by atoms with Gasteiger partial charge in [-0.05, 0) is 19.1 Å². The number of nitrogen functional groups attached to an aromatic ring is 1. The van der Waals surface area contributed by atoms with Crippen LogP contribution in [0.2, 0.25) is 0 Å². The van der Waals surface area contributed by atoms with Gasteiger partial charge in [0.2, 0.25) is 0 Å². The molecule has 0 saturated heterocycles. The van der Waals surface area contributed by atoms with Crippen molar-refractivity contribution in [3.8, 4) is 0 Å². The van der Waals surface area contributed by atoms with Gasteiger partial charge in [0.15, 0.2) is 9.84 Å². The SMILES string of the molecule is CCS(=O)(=O)C(C)/C(=N/O)c1cccc(N)c1. The fourth-order valence-corrected chi connectivity index (χ4v) is 2.52. The van der Waals surface area contributed by atoms with Crippen LogP contribution in [0.4, 0.5) is 5.69 Å². The number of anilines is 1. The van der Waals surface area contributed by atoms with Crippen LogP contribution in [0.5, 0.6) is 0 Å². The van der Waals surface area contributed by atoms with E-state index in [4.69, 9.17) is 10.9 Å². The molecule has 0 spiro atoms. The molecule has 1 aromatic rings. The summed E-state index contributed by atoms with van der Waals surface area (Å²) in [5.41, 5.74) is 6.72. The lowest BCUT2D eigenvalue weighted by atomic mass is 10.1. The smallest absolute Gasteiger partial charge is 0.158 e. The fourth-order valence-electron chi connectivity index (χ4n) is 1.49. The first-order chi connectivity index (χ1) is 7.92. The first-order valence-electron chi connectivity index (χ1n) is 5.21. The van der Waals surface area contributed by atoms with Gasteiger partial charge in [-0.15, -0.1) is 0 Å². The number of hydrogen-bond acceptors (Lipinski definition) is 5. The number of hydrogen-bond donors (Lipinski definition) is 2. The number of nitrogens with zero attached hydrogens (tertiary/aromatic N) is 1. The molecule has 0 aliphatic rings. The predicted molar refractivity (Wildman–Crippen MR) is 68.1 cm³/mol. The lowest BCUT2D eigenvalue weighted by Gasteiger charge is -2.13. The molecule has 94 valence electrons. The summed E-state index contributed by atoms with van der Waals surface area (Å²) in [4.78, 5) is 0. The molecular weight excluding hydrogens is 240 g/mol. The Kier molecular flexibility index (Phi) is 4.11. The highest BCUT2D eigenvalue weighted by molar-refractivity contribution is 7.92. The van der Waals surface area contributed by atoms with E-state index in [2.05, 4.69) is 5.16 Å². The molecule has 0 amide bonds. The van der Waals surface area contributed by atoms with Crippen LogP contribution in [0.1, 0.15) is 19.4 Å². The highest BCUT2D eigenvalue weighted by Gasteiger charge is 2.26. The largest absolute Gasteiger partial charge is 0.411 e. The van der Waals surface area contributed by atoms with Crippen molar-refractivity contribution >= 4 is 21.2 Å². The van der Waals surface area contributed by atoms with Crippen molar-refractivity contribution in [3.63, 3.8) is 0 Å². The van der Waals surface area contributed by atoms with E-state index >= 15 is 0 Å². The van der Waals surface area contributed by atoms with Crippen molar-refractivity contribution in [2.75, 3.05) is 11.5 Å². The molecule has 1 unspecified atom stereocenters. The maximum atomic E-state index is 11.7. The summed E-state index contributed by atoms with van der Waals surface area (Å²) in [6.45, 7) is 3.05. The van der Waals surface area contributed by atoms with Gasteiger partial charge in [0, 0.05) is 17.0 Å². The Morgan fingerprint density at radius 3 is 2.65 bits per heavy atom. The zero-order valence-electron chi connectivity index (χ0n) is 9.79. The molecule has 1 rings (SSSR count). The summed E-state index contributed by atoms with van der Waals surface area (Å²) in [7, 11) is -3.30. The van der Waals surface area contributed by atoms with Gasteiger partial charge in [-0.3, -0.25) is 0 Å². The molecule has 0 bridgehead atoms. The van der Waals surface area contributed by atoms with Gasteiger partial charge in [-0.2, -0.15) is 0 Å². The summed E-state index contributed by atoms with van der Waals surface area (Å²) in [5.74, 6) is -0.00446. The van der Waals surface area contributed by atoms with Crippen molar-refractivity contribution in [2.24, 2.45) is 5.16 Å². The van der Waals surface area contributed by atoms with E-state index in [9.17, 15) is 8.42 Å². The average molecular weight is 256 g/mol. The third-order valence-corrected chi connectivity index (χ3v) is 4.72. The Balaban J connectivity index is 3.19. The van der Waals surface area contributed by atoms with Crippen LogP contribution >= 0.6 is 0 Å². The van der Waals surface area contributed by atoms with Crippen LogP contribution in [-0.4, -0.2) is 30.3 Å². The highest BCUT2D eigenvalue weighted by atomic mass is 32.2. The number of oxime groups is 1. The second kappa shape index (κ2) is 5.18. The standard InChI is InChI=1S/C11H16N2O3S/c1-3-17(15,16)8(2)11(13-14)9-5-4-6-10(12)7-9/h4-8,14H,3,12H2,1-2H3/b13-11-. The first kappa shape index (κ1) is 13.5. The van der Waals surface area contributed by atoms with E-state index in [1.807, 2.05) is 0 Å². The number of sulfone groups is 1. The molecule has 0 aliphatic carbocycles. The molecule has 0 aliphatic heterocycles. The number of benzene rings is 1. The first-order valence-corrected chi connectivity index (χ1v) is 6.93. The van der Waals surface area contributed by atoms with Gasteiger partial charge < -0.3 is 10.9 Å². The molecular formula is C11H16N2O3S. The Morgan fingerprint density at radius 2 is 2.18 bits per heavy atom. The molecule has 3 N–H and O–H groups in total. The van der Waals surface area contributed by atoms with Crippen LogP contribution < -0.4 is 5.73 Å². The number of nitrogens with two attached hydrogens (primary N) is 1. The maximum absolute atomic E-state index is 11.7. The quantitative estimate of drug-likeness (QED) is 0.367. The zero-order chi connectivity index (χ0) is 13.1. The number of rotatable bonds is 4. The van der Waals surface area contributed by atoms with Crippen LogP contribution in [0.25, 0.3) is 0 Å². The van der Waals surface area contributed by atoms with E-state index in [0.29, 0.717) is 11.3 Å². The molecule has 0 radical (unpaired) electrons. The monoisotopic (exact) mass is 256 g/mol. The molecule has 0 heterocycles. The normalized spacial score (nSPS) is 14.6. The Labute approximate surface area is 101 Å². The van der Waals surface area contributed by atoms with Crippen molar-refractivity contribution in [2.45, 2.75) is 19.1 Å². The molecule has 0 saturated carbocycles. The minimum Gasteiger partial charge on any atom is -0.411 e. The molecule has 5 nitrogen and oxygen atoms in total. The third-order valence-electron chi connectivity index (χ3n) is 2.62. The molecule has 1 aromatic carbocycles. The Hall–Kier alpha value is -1.56. The lowest BCUT2D eigenvalue weighted by molar-refractivity contribution is 0.318. The summed E-state index contributed by atoms with van der Waals surface area (Å²) in [6.07, 6.45) is 0. The minimum atomic E-state index is -3.30. The van der Waals surface area contributed by atoms with E-state index in [-0.39, 0.29) is 11.5 Å². The molecule has 1 atom stereocenters. The highest BCUT2D eigenvalue weighted by Crippen LogP contribution is 2.14. The van der Waals surface area contributed by atoms with Gasteiger partial charge in [0.05, 0.1) is 0 Å². The maximum Gasteiger partial charge on any atom is 0.158 e. The van der Waals surface area contributed by atoms with Crippen molar-refractivity contribution in [1.29, 1.82) is 0 Å². The van der Waals surface area contributed by atoms with E-state index in [1.165, 1.54) is 6.92 Å². The molecule has 17 heavy (non-hydrogen) atoms. The van der Waals surface area contributed by atoms with Crippen LogP contribution in [0.3, 0.4) is 0 Å². The van der Waals surface area contributed by atoms with Gasteiger partial charge in [-0.25, -0.2) is 8.42 Å². The summed E-state index contributed by atoms with van der Waals surface area (Å²) in [6, 6.07) is 6.60. The van der Waals surface area contributed by atoms with Crippen molar-refractivity contribution < 1.29 is 13.6 Å². The topological polar surface area (TPSA) is 92.8 Å². The van der Waals surface area contributed by atoms with E-state index in [1.54, 1.807) is 31.2 Å². The Morgan fingerprint density at radius 1 is 1.53 bits per heavy atom. The van der Waals surface area contributed by atoms with Gasteiger partial charge in [0.25, 0.3) is 0 Å². The van der Waals surface area contributed by atoms with Crippen molar-refractivity contribution in [3.05, 3.63) is 29.8 Å². The van der Waals surface area contributed by atoms with Gasteiger partial charge in [0.1, 0.15) is 11.0 Å². The fraction of sp³-hybridized carbons (Fsp3) is 0.364. The van der Waals surface area contributed by atoms with Crippen molar-refractivity contribution in [1.82, 2.24) is 0 Å². The molecule has 0 aromatic heterocycles. The van der Waals surface area contributed by atoms with Crippen LogP contribution in [0.15, 0.2) is 29.4 Å². The minimum absolute atomic E-state index is 0.00446. The van der Waals surface area contributed by atoms with E-state index < -0.39 is 15.1 Å². The third kappa shape index (κ3) is 2.97. The Bertz CT molecular complexity index is 523. The van der Waals surface area contributed by atoms with Crippen LogP contribution in [-0.2, 0) is 9.84 Å². The van der Waals surface area contributed by atoms with Crippen LogP contribution in [0, 0.1) is 0 Å². The average Bonchev–Trinajstić information content (AvgIpc) is 2.30. The zero-order valence-corrected chi connectivity index (χ0v) is 10.6. The molecule has 0 fully saturated rings. The second-order valence-corrected chi connectivity index (χ2v) is 6.31. The van der Waals surface area contributed by atoms with Gasteiger partial charge >= 0.3 is 0 Å². The summed E-state index contributed by atoms with van der Waals surface area (Å²) >= 11 is 0. The second-order valence-electron chi connectivity index (χ2n) is 3.70. The van der Waals surface area contributed by atoms with Gasteiger partial charge in [-0.1, -0.05) is 24.2 Å². The summed E-state index contributed by atoms with van der Waals surface area (Å²) < 4.78 is 23.5.